The summed E-state index contributed by atoms with van der Waals surface area (Å²) in [5.74, 6) is 1.73. The van der Waals surface area contributed by atoms with Gasteiger partial charge in [0.2, 0.25) is 0 Å². The number of nitrogens with one attached hydrogen (secondary N) is 1. The van der Waals surface area contributed by atoms with Gasteiger partial charge in [0.15, 0.2) is 0 Å². The highest BCUT2D eigenvalue weighted by Crippen LogP contribution is 2.33. The maximum Gasteiger partial charge on any atom is 0.255 e. The molecule has 0 bridgehead atoms. The van der Waals surface area contributed by atoms with Crippen molar-refractivity contribution in [1.29, 1.82) is 0 Å². The molecule has 0 aromatic heterocycles. The third kappa shape index (κ3) is 3.22. The van der Waals surface area contributed by atoms with Crippen LogP contribution in [-0.4, -0.2) is 40.3 Å². The first kappa shape index (κ1) is 16.0. The lowest BCUT2D eigenvalue weighted by molar-refractivity contribution is 0.102. The van der Waals surface area contributed by atoms with Crippen LogP contribution in [0.2, 0.25) is 0 Å². The Morgan fingerprint density at radius 3 is 2.50 bits per heavy atom. The van der Waals surface area contributed by atoms with Crippen LogP contribution in [0.15, 0.2) is 36.4 Å². The molecule has 3 rings (SSSR count). The minimum Gasteiger partial charge on any atom is -0.497 e. The van der Waals surface area contributed by atoms with E-state index in [-0.39, 0.29) is 5.91 Å². The summed E-state index contributed by atoms with van der Waals surface area (Å²) in [7, 11) is 5.10. The topological polar surface area (TPSA) is 60.0 Å². The highest BCUT2D eigenvalue weighted by atomic mass is 16.5. The highest BCUT2D eigenvalue weighted by molar-refractivity contribution is 6.05. The zero-order valence-electron chi connectivity index (χ0n) is 14.0. The molecule has 6 heteroatoms. The summed E-state index contributed by atoms with van der Waals surface area (Å²) < 4.78 is 16.0. The number of benzene rings is 2. The molecule has 0 saturated heterocycles. The van der Waals surface area contributed by atoms with Crippen molar-refractivity contribution in [3.63, 3.8) is 0 Å². The Labute approximate surface area is 140 Å². The molecule has 0 aliphatic carbocycles. The van der Waals surface area contributed by atoms with Crippen molar-refractivity contribution in [1.82, 2.24) is 0 Å². The lowest BCUT2D eigenvalue weighted by Gasteiger charge is -2.28. The van der Waals surface area contributed by atoms with Crippen molar-refractivity contribution in [2.45, 2.75) is 0 Å². The summed E-state index contributed by atoms with van der Waals surface area (Å²) in [6.07, 6.45) is 0. The smallest absolute Gasteiger partial charge is 0.255 e. The Morgan fingerprint density at radius 2 is 1.83 bits per heavy atom. The number of anilines is 2. The summed E-state index contributed by atoms with van der Waals surface area (Å²) in [4.78, 5) is 14.6. The van der Waals surface area contributed by atoms with Gasteiger partial charge in [-0.3, -0.25) is 4.79 Å². The van der Waals surface area contributed by atoms with Gasteiger partial charge in [-0.25, -0.2) is 0 Å². The molecule has 1 aliphatic rings. The number of likely N-dealkylation sites (N-methyl/N-ethyl adjacent to an activating group) is 1. The van der Waals surface area contributed by atoms with Crippen molar-refractivity contribution < 1.29 is 19.0 Å². The number of nitrogens with zero attached hydrogens (tertiary/aromatic N) is 1. The number of hydrogen-bond acceptors (Lipinski definition) is 5. The first-order valence-corrected chi connectivity index (χ1v) is 7.63. The Kier molecular flexibility index (Phi) is 4.46. The van der Waals surface area contributed by atoms with Gasteiger partial charge in [0, 0.05) is 24.4 Å². The molecule has 0 spiro atoms. The molecule has 24 heavy (non-hydrogen) atoms. The van der Waals surface area contributed by atoms with E-state index in [0.29, 0.717) is 29.4 Å². The molecule has 2 aromatic rings. The molecule has 0 fully saturated rings. The number of carbonyl (C=O) groups excluding carboxylic acids is 1. The molecular weight excluding hydrogens is 308 g/mol. The van der Waals surface area contributed by atoms with Crippen LogP contribution >= 0.6 is 0 Å². The Bertz CT molecular complexity index is 738. The second-order valence-corrected chi connectivity index (χ2v) is 5.51. The molecule has 0 atom stereocenters. The maximum absolute atomic E-state index is 12.5. The van der Waals surface area contributed by atoms with E-state index in [1.807, 2.05) is 25.2 Å². The third-order valence-corrected chi connectivity index (χ3v) is 3.93. The van der Waals surface area contributed by atoms with E-state index in [1.54, 1.807) is 32.4 Å². The largest absolute Gasteiger partial charge is 0.497 e. The maximum atomic E-state index is 12.5. The monoisotopic (exact) mass is 328 g/mol. The van der Waals surface area contributed by atoms with Crippen LogP contribution in [0, 0.1) is 0 Å². The number of carbonyl (C=O) groups is 1. The molecule has 1 heterocycles. The standard InChI is InChI=1S/C18H20N2O4/c1-20-6-7-24-17-5-4-13(10-16(17)20)19-18(21)12-8-14(22-2)11-15(9-12)23-3/h4-5,8-11H,6-7H2,1-3H3,(H,19,21). The Morgan fingerprint density at radius 1 is 1.12 bits per heavy atom. The quantitative estimate of drug-likeness (QED) is 0.935. The molecular formula is C18H20N2O4. The van der Waals surface area contributed by atoms with Crippen LogP contribution in [-0.2, 0) is 0 Å². The van der Waals surface area contributed by atoms with Crippen LogP contribution in [0.3, 0.4) is 0 Å². The van der Waals surface area contributed by atoms with Crippen molar-refractivity contribution in [3.05, 3.63) is 42.0 Å². The molecule has 1 aliphatic heterocycles. The Hall–Kier alpha value is -2.89. The lowest BCUT2D eigenvalue weighted by atomic mass is 10.1. The molecule has 1 amide bonds. The van der Waals surface area contributed by atoms with Crippen molar-refractivity contribution in [2.24, 2.45) is 0 Å². The average Bonchev–Trinajstić information content (AvgIpc) is 2.61. The predicted molar refractivity (Wildman–Crippen MR) is 92.7 cm³/mol. The van der Waals surface area contributed by atoms with Gasteiger partial charge < -0.3 is 24.4 Å². The van der Waals surface area contributed by atoms with Crippen LogP contribution < -0.4 is 24.4 Å². The highest BCUT2D eigenvalue weighted by Gasteiger charge is 2.16. The summed E-state index contributed by atoms with van der Waals surface area (Å²) in [5, 5.41) is 2.90. The van der Waals surface area contributed by atoms with E-state index in [4.69, 9.17) is 14.2 Å². The van der Waals surface area contributed by atoms with Gasteiger partial charge in [-0.15, -0.1) is 0 Å². The van der Waals surface area contributed by atoms with Gasteiger partial charge in [-0.05, 0) is 30.3 Å². The molecule has 0 radical (unpaired) electrons. The Balaban J connectivity index is 1.84. The molecule has 126 valence electrons. The zero-order valence-corrected chi connectivity index (χ0v) is 14.0. The number of methoxy groups -OCH3 is 2. The first-order valence-electron chi connectivity index (χ1n) is 7.63. The van der Waals surface area contributed by atoms with E-state index < -0.39 is 0 Å². The second-order valence-electron chi connectivity index (χ2n) is 5.51. The predicted octanol–water partition coefficient (Wildman–Crippen LogP) is 2.78. The lowest BCUT2D eigenvalue weighted by Crippen LogP contribution is -2.28. The number of amides is 1. The van der Waals surface area contributed by atoms with Gasteiger partial charge in [0.1, 0.15) is 23.9 Å². The fraction of sp³-hybridized carbons (Fsp3) is 0.278. The van der Waals surface area contributed by atoms with E-state index in [1.165, 1.54) is 0 Å². The van der Waals surface area contributed by atoms with Gasteiger partial charge in [-0.2, -0.15) is 0 Å². The number of ether oxygens (including phenoxy) is 3. The fourth-order valence-electron chi connectivity index (χ4n) is 2.57. The van der Waals surface area contributed by atoms with Crippen LogP contribution in [0.25, 0.3) is 0 Å². The van der Waals surface area contributed by atoms with Gasteiger partial charge in [-0.1, -0.05) is 0 Å². The molecule has 0 unspecified atom stereocenters. The number of hydrogen-bond donors (Lipinski definition) is 1. The second kappa shape index (κ2) is 6.70. The van der Waals surface area contributed by atoms with Gasteiger partial charge in [0.25, 0.3) is 5.91 Å². The molecule has 0 saturated carbocycles. The van der Waals surface area contributed by atoms with Gasteiger partial charge >= 0.3 is 0 Å². The molecule has 2 aromatic carbocycles. The summed E-state index contributed by atoms with van der Waals surface area (Å²) in [6, 6.07) is 10.7. The average molecular weight is 328 g/mol. The normalized spacial score (nSPS) is 12.9. The molecule has 6 nitrogen and oxygen atoms in total. The SMILES string of the molecule is COc1cc(OC)cc(C(=O)Nc2ccc3c(c2)N(C)CCO3)c1. The van der Waals surface area contributed by atoms with Gasteiger partial charge in [0.05, 0.1) is 26.5 Å². The summed E-state index contributed by atoms with van der Waals surface area (Å²) in [5.41, 5.74) is 2.13. The van der Waals surface area contributed by atoms with Crippen LogP contribution in [0.5, 0.6) is 17.2 Å². The van der Waals surface area contributed by atoms with E-state index in [9.17, 15) is 4.79 Å². The van der Waals surface area contributed by atoms with Crippen molar-refractivity contribution in [2.75, 3.05) is 44.6 Å². The zero-order chi connectivity index (χ0) is 17.1. The van der Waals surface area contributed by atoms with E-state index in [2.05, 4.69) is 10.2 Å². The molecule has 1 N–H and O–H groups in total. The van der Waals surface area contributed by atoms with E-state index >= 15 is 0 Å². The minimum atomic E-state index is -0.230. The minimum absolute atomic E-state index is 0.230. The van der Waals surface area contributed by atoms with Crippen LogP contribution in [0.4, 0.5) is 11.4 Å². The van der Waals surface area contributed by atoms with Crippen molar-refractivity contribution in [3.8, 4) is 17.2 Å². The summed E-state index contributed by atoms with van der Waals surface area (Å²) >= 11 is 0. The third-order valence-electron chi connectivity index (χ3n) is 3.93. The fourth-order valence-corrected chi connectivity index (χ4v) is 2.57. The van der Waals surface area contributed by atoms with Crippen molar-refractivity contribution >= 4 is 17.3 Å². The van der Waals surface area contributed by atoms with E-state index in [0.717, 1.165) is 18.0 Å². The summed E-state index contributed by atoms with van der Waals surface area (Å²) in [6.45, 7) is 1.48. The number of rotatable bonds is 4. The van der Waals surface area contributed by atoms with Crippen LogP contribution in [0.1, 0.15) is 10.4 Å². The first-order chi connectivity index (χ1) is 11.6. The number of fused-ring (bicyclic) bond motifs is 1.